The summed E-state index contributed by atoms with van der Waals surface area (Å²) in [4.78, 5) is 11.7. The minimum atomic E-state index is -0.205. The third-order valence-electron chi connectivity index (χ3n) is 2.90. The van der Waals surface area contributed by atoms with E-state index in [-0.39, 0.29) is 18.1 Å². The fourth-order valence-electron chi connectivity index (χ4n) is 1.85. The molecule has 2 rings (SSSR count). The van der Waals surface area contributed by atoms with Crippen LogP contribution in [0.5, 0.6) is 5.75 Å². The Morgan fingerprint density at radius 3 is 2.76 bits per heavy atom. The van der Waals surface area contributed by atoms with E-state index in [0.717, 1.165) is 15.6 Å². The van der Waals surface area contributed by atoms with Gasteiger partial charge in [-0.3, -0.25) is 4.79 Å². The first kappa shape index (κ1) is 15.3. The molecule has 0 unspecified atom stereocenters. The average molecular weight is 347 g/mol. The van der Waals surface area contributed by atoms with Crippen LogP contribution in [0.2, 0.25) is 0 Å². The van der Waals surface area contributed by atoms with Gasteiger partial charge >= 0.3 is 0 Å². The van der Waals surface area contributed by atoms with E-state index in [2.05, 4.69) is 26.5 Å². The number of phenolic OH excluding ortho intramolecular Hbond substituents is 1. The summed E-state index contributed by atoms with van der Waals surface area (Å²) in [5, 5.41) is 13.8. The van der Waals surface area contributed by atoms with Crippen LogP contribution < -0.4 is 5.43 Å². The second-order valence-corrected chi connectivity index (χ2v) is 5.53. The molecule has 2 aromatic carbocycles. The average Bonchev–Trinajstić information content (AvgIpc) is 2.45. The van der Waals surface area contributed by atoms with E-state index in [1.54, 1.807) is 19.1 Å². The van der Waals surface area contributed by atoms with Crippen LogP contribution in [0, 0.1) is 6.92 Å². The zero-order valence-corrected chi connectivity index (χ0v) is 13.1. The number of aryl methyl sites for hydroxylation is 1. The molecule has 0 fully saturated rings. The van der Waals surface area contributed by atoms with Crippen molar-refractivity contribution in [1.82, 2.24) is 5.43 Å². The van der Waals surface area contributed by atoms with Gasteiger partial charge in [-0.2, -0.15) is 5.10 Å². The molecule has 0 aliphatic carbocycles. The number of aromatic hydroxyl groups is 1. The molecule has 0 bridgehead atoms. The summed E-state index contributed by atoms with van der Waals surface area (Å²) < 4.78 is 0.842. The normalized spacial score (nSPS) is 10.8. The highest BCUT2D eigenvalue weighted by Crippen LogP contribution is 2.25. The van der Waals surface area contributed by atoms with Gasteiger partial charge in [0.25, 0.3) is 0 Å². The van der Waals surface area contributed by atoms with Crippen molar-refractivity contribution >= 4 is 28.1 Å². The van der Waals surface area contributed by atoms with Gasteiger partial charge in [0.2, 0.25) is 5.91 Å². The molecule has 0 aliphatic rings. The topological polar surface area (TPSA) is 61.7 Å². The maximum absolute atomic E-state index is 11.7. The minimum Gasteiger partial charge on any atom is -0.507 e. The predicted molar refractivity (Wildman–Crippen MR) is 86.4 cm³/mol. The lowest BCUT2D eigenvalue weighted by atomic mass is 10.1. The molecular weight excluding hydrogens is 332 g/mol. The smallest absolute Gasteiger partial charge is 0.244 e. The molecule has 4 nitrogen and oxygen atoms in total. The number of amides is 1. The Morgan fingerprint density at radius 1 is 1.33 bits per heavy atom. The van der Waals surface area contributed by atoms with Gasteiger partial charge in [-0.05, 0) is 30.2 Å². The third-order valence-corrected chi connectivity index (χ3v) is 3.35. The van der Waals surface area contributed by atoms with Gasteiger partial charge in [-0.1, -0.05) is 46.3 Å². The first-order chi connectivity index (χ1) is 10.1. The standard InChI is InChI=1S/C16H15BrN2O2/c1-11-7-14(17)9-13(16(11)21)10-18-19-15(20)8-12-5-3-2-4-6-12/h2-7,9-10,21H,8H2,1H3,(H,19,20)/b18-10-. The Hall–Kier alpha value is -2.14. The molecule has 5 heteroatoms. The molecule has 0 heterocycles. The first-order valence-corrected chi connectivity index (χ1v) is 7.20. The molecule has 2 N–H and O–H groups in total. The summed E-state index contributed by atoms with van der Waals surface area (Å²) in [6, 6.07) is 13.0. The van der Waals surface area contributed by atoms with Gasteiger partial charge in [-0.15, -0.1) is 0 Å². The van der Waals surface area contributed by atoms with Gasteiger partial charge in [0.05, 0.1) is 12.6 Å². The molecule has 108 valence electrons. The maximum atomic E-state index is 11.7. The van der Waals surface area contributed by atoms with Gasteiger partial charge in [0, 0.05) is 10.0 Å². The van der Waals surface area contributed by atoms with Crippen molar-refractivity contribution in [2.75, 3.05) is 0 Å². The SMILES string of the molecule is Cc1cc(Br)cc(/C=N\NC(=O)Cc2ccccc2)c1O. The third kappa shape index (κ3) is 4.43. The molecule has 0 radical (unpaired) electrons. The van der Waals surface area contributed by atoms with Crippen molar-refractivity contribution in [3.63, 3.8) is 0 Å². The number of hydrogen-bond acceptors (Lipinski definition) is 3. The van der Waals surface area contributed by atoms with Gasteiger partial charge < -0.3 is 5.11 Å². The second kappa shape index (κ2) is 7.04. The van der Waals surface area contributed by atoms with E-state index in [1.165, 1.54) is 6.21 Å². The van der Waals surface area contributed by atoms with Crippen molar-refractivity contribution in [3.05, 3.63) is 63.6 Å². The quantitative estimate of drug-likeness (QED) is 0.659. The number of nitrogens with zero attached hydrogens (tertiary/aromatic N) is 1. The zero-order valence-electron chi connectivity index (χ0n) is 11.5. The number of rotatable bonds is 4. The molecule has 0 spiro atoms. The maximum Gasteiger partial charge on any atom is 0.244 e. The van der Waals surface area contributed by atoms with Gasteiger partial charge in [0.1, 0.15) is 5.75 Å². The number of carbonyl (C=O) groups is 1. The van der Waals surface area contributed by atoms with E-state index < -0.39 is 0 Å². The van der Waals surface area contributed by atoms with Crippen molar-refractivity contribution in [2.45, 2.75) is 13.3 Å². The summed E-state index contributed by atoms with van der Waals surface area (Å²) in [7, 11) is 0. The Kier molecular flexibility index (Phi) is 5.11. The number of hydrazone groups is 1. The second-order valence-electron chi connectivity index (χ2n) is 4.62. The molecule has 0 aliphatic heterocycles. The number of benzene rings is 2. The minimum absolute atomic E-state index is 0.152. The molecular formula is C16H15BrN2O2. The summed E-state index contributed by atoms with van der Waals surface area (Å²) in [5.74, 6) is -0.0529. The van der Waals surface area contributed by atoms with Crippen molar-refractivity contribution in [2.24, 2.45) is 5.10 Å². The highest BCUT2D eigenvalue weighted by atomic mass is 79.9. The summed E-state index contributed by atoms with van der Waals surface area (Å²) >= 11 is 3.35. The lowest BCUT2D eigenvalue weighted by Crippen LogP contribution is -2.19. The van der Waals surface area contributed by atoms with Crippen molar-refractivity contribution in [1.29, 1.82) is 0 Å². The first-order valence-electron chi connectivity index (χ1n) is 6.41. The zero-order chi connectivity index (χ0) is 15.2. The van der Waals surface area contributed by atoms with E-state index in [1.807, 2.05) is 30.3 Å². The lowest BCUT2D eigenvalue weighted by molar-refractivity contribution is -0.120. The monoisotopic (exact) mass is 346 g/mol. The highest BCUT2D eigenvalue weighted by molar-refractivity contribution is 9.10. The molecule has 0 atom stereocenters. The molecule has 2 aromatic rings. The molecule has 0 saturated carbocycles. The van der Waals surface area contributed by atoms with Crippen LogP contribution in [0.15, 0.2) is 52.0 Å². The van der Waals surface area contributed by atoms with Crippen molar-refractivity contribution < 1.29 is 9.90 Å². The molecule has 0 saturated heterocycles. The predicted octanol–water partition coefficient (Wildman–Crippen LogP) is 3.16. The van der Waals surface area contributed by atoms with E-state index in [9.17, 15) is 9.90 Å². The molecule has 0 aromatic heterocycles. The Labute approximate surface area is 131 Å². The van der Waals surface area contributed by atoms with E-state index in [0.29, 0.717) is 5.56 Å². The fraction of sp³-hybridized carbons (Fsp3) is 0.125. The van der Waals surface area contributed by atoms with Crippen LogP contribution in [-0.4, -0.2) is 17.2 Å². The summed E-state index contributed by atoms with van der Waals surface area (Å²) in [6.07, 6.45) is 1.69. The Bertz CT molecular complexity index is 669. The fourth-order valence-corrected chi connectivity index (χ4v) is 2.44. The van der Waals surface area contributed by atoms with E-state index in [4.69, 9.17) is 0 Å². The molecule has 1 amide bonds. The number of halogens is 1. The largest absolute Gasteiger partial charge is 0.507 e. The molecule has 21 heavy (non-hydrogen) atoms. The summed E-state index contributed by atoms with van der Waals surface area (Å²) in [6.45, 7) is 1.80. The van der Waals surface area contributed by atoms with Crippen LogP contribution in [0.4, 0.5) is 0 Å². The van der Waals surface area contributed by atoms with Crippen LogP contribution in [0.25, 0.3) is 0 Å². The highest BCUT2D eigenvalue weighted by Gasteiger charge is 2.05. The number of phenols is 1. The van der Waals surface area contributed by atoms with Crippen LogP contribution in [-0.2, 0) is 11.2 Å². The van der Waals surface area contributed by atoms with Crippen LogP contribution in [0.1, 0.15) is 16.7 Å². The number of nitrogens with one attached hydrogen (secondary N) is 1. The van der Waals surface area contributed by atoms with Crippen LogP contribution >= 0.6 is 15.9 Å². The Morgan fingerprint density at radius 2 is 2.05 bits per heavy atom. The number of carbonyl (C=O) groups excluding carboxylic acids is 1. The summed E-state index contributed by atoms with van der Waals surface area (Å²) in [5.41, 5.74) is 4.65. The van der Waals surface area contributed by atoms with Gasteiger partial charge in [0.15, 0.2) is 0 Å². The van der Waals surface area contributed by atoms with E-state index >= 15 is 0 Å². The van der Waals surface area contributed by atoms with Gasteiger partial charge in [-0.25, -0.2) is 5.43 Å². The lowest BCUT2D eigenvalue weighted by Gasteiger charge is -2.04. The van der Waals surface area contributed by atoms with Crippen LogP contribution in [0.3, 0.4) is 0 Å². The Balaban J connectivity index is 1.98. The van der Waals surface area contributed by atoms with Crippen molar-refractivity contribution in [3.8, 4) is 5.75 Å². The number of hydrogen-bond donors (Lipinski definition) is 2.